The fourth-order valence-electron chi connectivity index (χ4n) is 2.54. The van der Waals surface area contributed by atoms with Crippen molar-refractivity contribution in [2.75, 3.05) is 6.54 Å². The molecule has 5 heteroatoms. The van der Waals surface area contributed by atoms with E-state index in [0.29, 0.717) is 24.5 Å². The standard InChI is InChI=1S/C21H25ClN2O2/c1-15-7-4-5-9-17(15)14-24-20(26)21(2,3)19(25)23-12-11-16-8-6-10-18(22)13-16/h4-10,13H,11-12,14H2,1-3H3,(H,23,25)(H,24,26). The van der Waals surface area contributed by atoms with Crippen LogP contribution in [-0.4, -0.2) is 18.4 Å². The Morgan fingerprint density at radius 2 is 1.69 bits per heavy atom. The highest BCUT2D eigenvalue weighted by molar-refractivity contribution is 6.30. The monoisotopic (exact) mass is 372 g/mol. The van der Waals surface area contributed by atoms with Crippen LogP contribution in [0.5, 0.6) is 0 Å². The first-order valence-corrected chi connectivity index (χ1v) is 9.04. The van der Waals surface area contributed by atoms with Crippen LogP contribution >= 0.6 is 11.6 Å². The van der Waals surface area contributed by atoms with E-state index in [4.69, 9.17) is 11.6 Å². The highest BCUT2D eigenvalue weighted by atomic mass is 35.5. The lowest BCUT2D eigenvalue weighted by molar-refractivity contribution is -0.141. The Balaban J connectivity index is 1.85. The molecule has 2 N–H and O–H groups in total. The molecule has 0 atom stereocenters. The van der Waals surface area contributed by atoms with Gasteiger partial charge >= 0.3 is 0 Å². The third-order valence-electron chi connectivity index (χ3n) is 4.42. The minimum Gasteiger partial charge on any atom is -0.355 e. The Morgan fingerprint density at radius 1 is 1.00 bits per heavy atom. The van der Waals surface area contributed by atoms with Gasteiger partial charge in [0.1, 0.15) is 5.41 Å². The molecule has 0 aliphatic carbocycles. The van der Waals surface area contributed by atoms with Crippen molar-refractivity contribution >= 4 is 23.4 Å². The quantitative estimate of drug-likeness (QED) is 0.729. The zero-order chi connectivity index (χ0) is 19.2. The van der Waals surface area contributed by atoms with E-state index in [1.54, 1.807) is 13.8 Å². The van der Waals surface area contributed by atoms with Crippen LogP contribution in [0.15, 0.2) is 48.5 Å². The number of hydrogen-bond acceptors (Lipinski definition) is 2. The molecule has 2 aromatic carbocycles. The normalized spacial score (nSPS) is 11.1. The van der Waals surface area contributed by atoms with E-state index in [1.165, 1.54) is 0 Å². The average Bonchev–Trinajstić information content (AvgIpc) is 2.60. The van der Waals surface area contributed by atoms with Crippen LogP contribution in [0.25, 0.3) is 0 Å². The second-order valence-corrected chi connectivity index (χ2v) is 7.31. The molecule has 2 rings (SSSR count). The molecule has 0 saturated heterocycles. The summed E-state index contributed by atoms with van der Waals surface area (Å²) in [6.07, 6.45) is 0.660. The van der Waals surface area contributed by atoms with Crippen molar-refractivity contribution in [3.8, 4) is 0 Å². The molecular weight excluding hydrogens is 348 g/mol. The molecule has 2 aromatic rings. The summed E-state index contributed by atoms with van der Waals surface area (Å²) in [5.41, 5.74) is 2.05. The van der Waals surface area contributed by atoms with E-state index in [1.807, 2.05) is 55.5 Å². The van der Waals surface area contributed by atoms with Crippen molar-refractivity contribution in [3.05, 3.63) is 70.2 Å². The van der Waals surface area contributed by atoms with Crippen LogP contribution in [-0.2, 0) is 22.6 Å². The summed E-state index contributed by atoms with van der Waals surface area (Å²) in [7, 11) is 0. The van der Waals surface area contributed by atoms with Crippen LogP contribution in [0.4, 0.5) is 0 Å². The van der Waals surface area contributed by atoms with Crippen molar-refractivity contribution in [1.29, 1.82) is 0 Å². The van der Waals surface area contributed by atoms with Gasteiger partial charge in [-0.25, -0.2) is 0 Å². The second-order valence-electron chi connectivity index (χ2n) is 6.87. The summed E-state index contributed by atoms with van der Waals surface area (Å²) in [6.45, 7) is 6.12. The van der Waals surface area contributed by atoms with E-state index < -0.39 is 5.41 Å². The van der Waals surface area contributed by atoms with E-state index in [-0.39, 0.29) is 11.8 Å². The molecule has 0 aromatic heterocycles. The lowest BCUT2D eigenvalue weighted by atomic mass is 9.90. The Hall–Kier alpha value is -2.33. The van der Waals surface area contributed by atoms with E-state index in [2.05, 4.69) is 10.6 Å². The first-order valence-electron chi connectivity index (χ1n) is 8.66. The molecule has 0 saturated carbocycles. The number of amides is 2. The third kappa shape index (κ3) is 5.33. The van der Waals surface area contributed by atoms with Gasteiger partial charge in [0.2, 0.25) is 11.8 Å². The van der Waals surface area contributed by atoms with Crippen LogP contribution in [0.1, 0.15) is 30.5 Å². The summed E-state index contributed by atoms with van der Waals surface area (Å²) in [5.74, 6) is -0.581. The molecule has 0 bridgehead atoms. The predicted octanol–water partition coefficient (Wildman–Crippen LogP) is 3.65. The predicted molar refractivity (Wildman–Crippen MR) is 105 cm³/mol. The average molecular weight is 373 g/mol. The van der Waals surface area contributed by atoms with Crippen molar-refractivity contribution < 1.29 is 9.59 Å². The minimum absolute atomic E-state index is 0.290. The zero-order valence-electron chi connectivity index (χ0n) is 15.4. The van der Waals surface area contributed by atoms with Crippen LogP contribution < -0.4 is 10.6 Å². The maximum absolute atomic E-state index is 12.5. The Labute approximate surface area is 159 Å². The highest BCUT2D eigenvalue weighted by Gasteiger charge is 2.35. The Bertz CT molecular complexity index is 787. The van der Waals surface area contributed by atoms with E-state index >= 15 is 0 Å². The molecule has 138 valence electrons. The van der Waals surface area contributed by atoms with Gasteiger partial charge in [-0.05, 0) is 56.0 Å². The van der Waals surface area contributed by atoms with Crippen molar-refractivity contribution in [3.63, 3.8) is 0 Å². The number of rotatable bonds is 7. The Kier molecular flexibility index (Phi) is 6.81. The summed E-state index contributed by atoms with van der Waals surface area (Å²) < 4.78 is 0. The molecule has 0 unspecified atom stereocenters. The van der Waals surface area contributed by atoms with Crippen molar-refractivity contribution in [2.45, 2.75) is 33.7 Å². The van der Waals surface area contributed by atoms with Gasteiger partial charge in [0.05, 0.1) is 0 Å². The summed E-state index contributed by atoms with van der Waals surface area (Å²) in [6, 6.07) is 15.4. The lowest BCUT2D eigenvalue weighted by Gasteiger charge is -2.23. The first-order chi connectivity index (χ1) is 12.3. The smallest absolute Gasteiger partial charge is 0.235 e. The SMILES string of the molecule is Cc1ccccc1CNC(=O)C(C)(C)C(=O)NCCc1cccc(Cl)c1. The number of hydrogen-bond donors (Lipinski definition) is 2. The van der Waals surface area contributed by atoms with Crippen LogP contribution in [0, 0.1) is 12.3 Å². The van der Waals surface area contributed by atoms with Gasteiger partial charge in [0.25, 0.3) is 0 Å². The highest BCUT2D eigenvalue weighted by Crippen LogP contribution is 2.17. The van der Waals surface area contributed by atoms with Crippen LogP contribution in [0.2, 0.25) is 5.02 Å². The molecule has 0 fully saturated rings. The Morgan fingerprint density at radius 3 is 2.38 bits per heavy atom. The van der Waals surface area contributed by atoms with Crippen molar-refractivity contribution in [1.82, 2.24) is 10.6 Å². The third-order valence-corrected chi connectivity index (χ3v) is 4.66. The molecule has 4 nitrogen and oxygen atoms in total. The van der Waals surface area contributed by atoms with E-state index in [9.17, 15) is 9.59 Å². The topological polar surface area (TPSA) is 58.2 Å². The van der Waals surface area contributed by atoms with Crippen LogP contribution in [0.3, 0.4) is 0 Å². The van der Waals surface area contributed by atoms with Gasteiger partial charge in [0.15, 0.2) is 0 Å². The van der Waals surface area contributed by atoms with Gasteiger partial charge in [0, 0.05) is 18.1 Å². The van der Waals surface area contributed by atoms with Gasteiger partial charge in [-0.15, -0.1) is 0 Å². The number of carbonyl (C=O) groups excluding carboxylic acids is 2. The summed E-state index contributed by atoms with van der Waals surface area (Å²) in [5, 5.41) is 6.37. The molecule has 2 amide bonds. The number of halogens is 1. The number of aryl methyl sites for hydroxylation is 1. The maximum Gasteiger partial charge on any atom is 0.235 e. The molecular formula is C21H25ClN2O2. The molecule has 0 spiro atoms. The number of nitrogens with one attached hydrogen (secondary N) is 2. The van der Waals surface area contributed by atoms with Gasteiger partial charge in [-0.3, -0.25) is 9.59 Å². The van der Waals surface area contributed by atoms with Crippen molar-refractivity contribution in [2.24, 2.45) is 5.41 Å². The largest absolute Gasteiger partial charge is 0.355 e. The van der Waals surface area contributed by atoms with E-state index in [0.717, 1.165) is 16.7 Å². The fraction of sp³-hybridized carbons (Fsp3) is 0.333. The zero-order valence-corrected chi connectivity index (χ0v) is 16.2. The molecule has 0 heterocycles. The summed E-state index contributed by atoms with van der Waals surface area (Å²) in [4.78, 5) is 24.9. The number of carbonyl (C=O) groups is 2. The molecule has 0 aliphatic rings. The van der Waals surface area contributed by atoms with Gasteiger partial charge < -0.3 is 10.6 Å². The molecule has 26 heavy (non-hydrogen) atoms. The molecule has 0 radical (unpaired) electrons. The first kappa shape index (κ1) is 20.0. The maximum atomic E-state index is 12.5. The number of benzene rings is 2. The molecule has 0 aliphatic heterocycles. The van der Waals surface area contributed by atoms with Gasteiger partial charge in [-0.2, -0.15) is 0 Å². The fourth-order valence-corrected chi connectivity index (χ4v) is 2.75. The lowest BCUT2D eigenvalue weighted by Crippen LogP contribution is -2.48. The minimum atomic E-state index is -1.14. The second kappa shape index (κ2) is 8.86. The summed E-state index contributed by atoms with van der Waals surface area (Å²) >= 11 is 5.96. The van der Waals surface area contributed by atoms with Gasteiger partial charge in [-0.1, -0.05) is 48.0 Å².